The maximum Gasteiger partial charge on any atom is 0.131 e. The first kappa shape index (κ1) is 15.4. The van der Waals surface area contributed by atoms with E-state index in [0.29, 0.717) is 12.0 Å². The standard InChI is InChI=1S/C16H30N4/c1-6-9-17-11-14-13(4)18-19(5)16(14)20-10-7-8-15(20)12(2)3/h12,15,17H,6-11H2,1-5H3. The molecule has 0 amide bonds. The van der Waals surface area contributed by atoms with Gasteiger partial charge in [0, 0.05) is 31.7 Å². The smallest absolute Gasteiger partial charge is 0.131 e. The van der Waals surface area contributed by atoms with E-state index in [1.165, 1.54) is 42.9 Å². The molecule has 1 aliphatic rings. The minimum Gasteiger partial charge on any atom is -0.353 e. The average molecular weight is 278 g/mol. The zero-order chi connectivity index (χ0) is 14.7. The second kappa shape index (κ2) is 6.61. The summed E-state index contributed by atoms with van der Waals surface area (Å²) in [5.41, 5.74) is 2.55. The van der Waals surface area contributed by atoms with Crippen molar-refractivity contribution in [3.05, 3.63) is 11.3 Å². The Kier molecular flexibility index (Phi) is 5.08. The largest absolute Gasteiger partial charge is 0.353 e. The lowest BCUT2D eigenvalue weighted by Gasteiger charge is -2.30. The molecule has 0 radical (unpaired) electrons. The summed E-state index contributed by atoms with van der Waals surface area (Å²) >= 11 is 0. The number of nitrogens with one attached hydrogen (secondary N) is 1. The molecule has 0 saturated carbocycles. The highest BCUT2D eigenvalue weighted by Gasteiger charge is 2.31. The number of aryl methyl sites for hydroxylation is 2. The van der Waals surface area contributed by atoms with E-state index in [4.69, 9.17) is 0 Å². The minimum absolute atomic E-state index is 0.662. The van der Waals surface area contributed by atoms with E-state index in [1.54, 1.807) is 0 Å². The first-order chi connectivity index (χ1) is 9.56. The van der Waals surface area contributed by atoms with E-state index in [2.05, 4.69) is 54.7 Å². The summed E-state index contributed by atoms with van der Waals surface area (Å²) in [5, 5.41) is 8.20. The second-order valence-electron chi connectivity index (χ2n) is 6.33. The molecule has 0 aromatic carbocycles. The van der Waals surface area contributed by atoms with Crippen LogP contribution >= 0.6 is 0 Å². The lowest BCUT2D eigenvalue weighted by atomic mass is 10.0. The van der Waals surface area contributed by atoms with Crippen molar-refractivity contribution in [3.63, 3.8) is 0 Å². The summed E-state index contributed by atoms with van der Waals surface area (Å²) in [5.74, 6) is 2.03. The van der Waals surface area contributed by atoms with Gasteiger partial charge in [0.25, 0.3) is 0 Å². The Morgan fingerprint density at radius 2 is 2.15 bits per heavy atom. The molecule has 1 N–H and O–H groups in total. The number of aromatic nitrogens is 2. The Labute approximate surface area is 123 Å². The summed E-state index contributed by atoms with van der Waals surface area (Å²) < 4.78 is 2.08. The second-order valence-corrected chi connectivity index (χ2v) is 6.33. The Morgan fingerprint density at radius 1 is 1.40 bits per heavy atom. The van der Waals surface area contributed by atoms with Gasteiger partial charge in [-0.15, -0.1) is 0 Å². The van der Waals surface area contributed by atoms with E-state index in [0.717, 1.165) is 13.1 Å². The van der Waals surface area contributed by atoms with Gasteiger partial charge in [0.1, 0.15) is 5.82 Å². The van der Waals surface area contributed by atoms with Gasteiger partial charge in [-0.3, -0.25) is 4.68 Å². The molecule has 4 heteroatoms. The van der Waals surface area contributed by atoms with Crippen LogP contribution in [-0.4, -0.2) is 28.9 Å². The summed E-state index contributed by atoms with van der Waals surface area (Å²) in [6, 6.07) is 0.662. The lowest BCUT2D eigenvalue weighted by molar-refractivity contribution is 0.483. The first-order valence-corrected chi connectivity index (χ1v) is 8.06. The van der Waals surface area contributed by atoms with Crippen molar-refractivity contribution in [2.45, 2.75) is 59.5 Å². The van der Waals surface area contributed by atoms with Gasteiger partial charge in [0.05, 0.1) is 5.69 Å². The SMILES string of the molecule is CCCNCc1c(C)nn(C)c1N1CCCC1C(C)C. The molecule has 0 aliphatic carbocycles. The molecule has 2 heterocycles. The maximum absolute atomic E-state index is 4.66. The third-order valence-corrected chi connectivity index (χ3v) is 4.38. The fraction of sp³-hybridized carbons (Fsp3) is 0.812. The van der Waals surface area contributed by atoms with Crippen LogP contribution in [0.3, 0.4) is 0 Å². The van der Waals surface area contributed by atoms with E-state index in [-0.39, 0.29) is 0 Å². The van der Waals surface area contributed by atoms with Gasteiger partial charge in [-0.2, -0.15) is 5.10 Å². The molecule has 1 fully saturated rings. The van der Waals surface area contributed by atoms with Gasteiger partial charge in [-0.25, -0.2) is 0 Å². The fourth-order valence-electron chi connectivity index (χ4n) is 3.39. The van der Waals surface area contributed by atoms with E-state index < -0.39 is 0 Å². The Morgan fingerprint density at radius 3 is 2.80 bits per heavy atom. The van der Waals surface area contributed by atoms with Crippen molar-refractivity contribution in [1.29, 1.82) is 0 Å². The van der Waals surface area contributed by atoms with Crippen LogP contribution in [0.2, 0.25) is 0 Å². The van der Waals surface area contributed by atoms with Crippen molar-refractivity contribution in [2.75, 3.05) is 18.0 Å². The molecular formula is C16H30N4. The molecule has 0 bridgehead atoms. The molecule has 114 valence electrons. The van der Waals surface area contributed by atoms with Crippen LogP contribution in [0.4, 0.5) is 5.82 Å². The summed E-state index contributed by atoms with van der Waals surface area (Å²) in [7, 11) is 2.08. The first-order valence-electron chi connectivity index (χ1n) is 8.06. The topological polar surface area (TPSA) is 33.1 Å². The number of hydrogen-bond donors (Lipinski definition) is 1. The minimum atomic E-state index is 0.662. The lowest BCUT2D eigenvalue weighted by Crippen LogP contribution is -2.35. The predicted molar refractivity (Wildman–Crippen MR) is 85.1 cm³/mol. The highest BCUT2D eigenvalue weighted by molar-refractivity contribution is 5.52. The van der Waals surface area contributed by atoms with Crippen LogP contribution in [0.15, 0.2) is 0 Å². The van der Waals surface area contributed by atoms with Crippen molar-refractivity contribution in [1.82, 2.24) is 15.1 Å². The van der Waals surface area contributed by atoms with Crippen LogP contribution in [0.25, 0.3) is 0 Å². The number of hydrogen-bond acceptors (Lipinski definition) is 3. The fourth-order valence-corrected chi connectivity index (χ4v) is 3.39. The third kappa shape index (κ3) is 3.00. The van der Waals surface area contributed by atoms with Gasteiger partial charge >= 0.3 is 0 Å². The Balaban J connectivity index is 2.25. The normalized spacial score (nSPS) is 19.3. The molecule has 20 heavy (non-hydrogen) atoms. The molecule has 1 unspecified atom stereocenters. The van der Waals surface area contributed by atoms with E-state index in [9.17, 15) is 0 Å². The van der Waals surface area contributed by atoms with Gasteiger partial charge in [-0.05, 0) is 38.6 Å². The molecule has 1 atom stereocenters. The molecule has 2 rings (SSSR count). The van der Waals surface area contributed by atoms with Crippen molar-refractivity contribution < 1.29 is 0 Å². The Hall–Kier alpha value is -1.03. The summed E-state index contributed by atoms with van der Waals surface area (Å²) in [4.78, 5) is 2.59. The molecule has 1 aromatic rings. The van der Waals surface area contributed by atoms with Crippen LogP contribution < -0.4 is 10.2 Å². The van der Waals surface area contributed by atoms with Gasteiger partial charge in [0.2, 0.25) is 0 Å². The van der Waals surface area contributed by atoms with Crippen molar-refractivity contribution >= 4 is 5.82 Å². The molecular weight excluding hydrogens is 248 g/mol. The zero-order valence-corrected chi connectivity index (χ0v) is 13.7. The number of rotatable bonds is 6. The number of nitrogens with zero attached hydrogens (tertiary/aromatic N) is 3. The average Bonchev–Trinajstić information content (AvgIpc) is 2.95. The molecule has 1 aliphatic heterocycles. The van der Waals surface area contributed by atoms with E-state index >= 15 is 0 Å². The maximum atomic E-state index is 4.66. The van der Waals surface area contributed by atoms with Crippen molar-refractivity contribution in [3.8, 4) is 0 Å². The van der Waals surface area contributed by atoms with Crippen LogP contribution in [-0.2, 0) is 13.6 Å². The van der Waals surface area contributed by atoms with Gasteiger partial charge < -0.3 is 10.2 Å². The van der Waals surface area contributed by atoms with Gasteiger partial charge in [0.15, 0.2) is 0 Å². The van der Waals surface area contributed by atoms with Crippen LogP contribution in [0.5, 0.6) is 0 Å². The van der Waals surface area contributed by atoms with Crippen molar-refractivity contribution in [2.24, 2.45) is 13.0 Å². The summed E-state index contributed by atoms with van der Waals surface area (Å²) in [6.45, 7) is 12.2. The number of anilines is 1. The zero-order valence-electron chi connectivity index (χ0n) is 13.7. The highest BCUT2D eigenvalue weighted by atomic mass is 15.4. The quantitative estimate of drug-likeness (QED) is 0.812. The molecule has 4 nitrogen and oxygen atoms in total. The van der Waals surface area contributed by atoms with Crippen LogP contribution in [0, 0.1) is 12.8 Å². The highest BCUT2D eigenvalue weighted by Crippen LogP contribution is 2.33. The summed E-state index contributed by atoms with van der Waals surface area (Å²) in [6.07, 6.45) is 3.78. The van der Waals surface area contributed by atoms with E-state index in [1.807, 2.05) is 0 Å². The molecule has 0 spiro atoms. The Bertz CT molecular complexity index is 436. The third-order valence-electron chi connectivity index (χ3n) is 4.38. The van der Waals surface area contributed by atoms with Crippen LogP contribution in [0.1, 0.15) is 51.3 Å². The monoisotopic (exact) mass is 278 g/mol. The predicted octanol–water partition coefficient (Wildman–Crippen LogP) is 2.85. The molecule has 1 saturated heterocycles. The molecule has 1 aromatic heterocycles. The van der Waals surface area contributed by atoms with Gasteiger partial charge in [-0.1, -0.05) is 20.8 Å².